The van der Waals surface area contributed by atoms with Crippen molar-refractivity contribution in [2.75, 3.05) is 0 Å². The molecule has 0 aromatic carbocycles. The van der Waals surface area contributed by atoms with Crippen molar-refractivity contribution in [2.24, 2.45) is 0 Å². The summed E-state index contributed by atoms with van der Waals surface area (Å²) >= 11 is 0. The Morgan fingerprint density at radius 3 is 2.64 bits per heavy atom. The Hall–Kier alpha value is -1.09. The molecule has 1 aliphatic carbocycles. The van der Waals surface area contributed by atoms with Gasteiger partial charge in [0.05, 0.1) is 0 Å². The number of hydrogen-bond acceptors (Lipinski definition) is 3. The Kier molecular flexibility index (Phi) is 2.44. The Morgan fingerprint density at radius 1 is 1.45 bits per heavy atom. The van der Waals surface area contributed by atoms with Crippen LogP contribution in [0.5, 0.6) is 0 Å². The van der Waals surface area contributed by atoms with Crippen molar-refractivity contribution in [1.82, 2.24) is 0 Å². The maximum absolute atomic E-state index is 10.5. The van der Waals surface area contributed by atoms with Crippen molar-refractivity contribution in [3.05, 3.63) is 24.3 Å². The van der Waals surface area contributed by atoms with Crippen LogP contribution in [0.2, 0.25) is 0 Å². The van der Waals surface area contributed by atoms with E-state index in [4.69, 9.17) is 4.74 Å². The van der Waals surface area contributed by atoms with Crippen LogP contribution in [0.25, 0.3) is 0 Å². The van der Waals surface area contributed by atoms with Gasteiger partial charge in [-0.3, -0.25) is 4.79 Å². The standard InChI is InChI=1S/C8H10O3/c1-6(9)11-8-5-3-2-4-7(8)10/h2-5,7-8,10H,1H3/t7-,8+/m0/s1. The number of aliphatic hydroxyl groups is 1. The number of ether oxygens (including phenoxy) is 1. The summed E-state index contributed by atoms with van der Waals surface area (Å²) in [6.07, 6.45) is 5.45. The molecule has 0 aliphatic heterocycles. The molecule has 0 saturated carbocycles. The molecule has 0 heterocycles. The number of carbonyl (C=O) groups is 1. The first-order chi connectivity index (χ1) is 5.20. The van der Waals surface area contributed by atoms with E-state index in [1.54, 1.807) is 24.3 Å². The van der Waals surface area contributed by atoms with Crippen LogP contribution in [-0.2, 0) is 9.53 Å². The van der Waals surface area contributed by atoms with E-state index in [-0.39, 0.29) is 5.97 Å². The summed E-state index contributed by atoms with van der Waals surface area (Å²) in [5.74, 6) is -0.381. The second kappa shape index (κ2) is 3.34. The minimum absolute atomic E-state index is 0.381. The third kappa shape index (κ3) is 2.20. The lowest BCUT2D eigenvalue weighted by Gasteiger charge is -2.18. The highest BCUT2D eigenvalue weighted by atomic mass is 16.6. The summed E-state index contributed by atoms with van der Waals surface area (Å²) in [6, 6.07) is 0. The molecule has 0 radical (unpaired) electrons. The van der Waals surface area contributed by atoms with E-state index in [9.17, 15) is 9.90 Å². The Balaban J connectivity index is 2.52. The average molecular weight is 154 g/mol. The van der Waals surface area contributed by atoms with Gasteiger partial charge in [0.2, 0.25) is 0 Å². The Labute approximate surface area is 65.0 Å². The van der Waals surface area contributed by atoms with Gasteiger partial charge in [-0.15, -0.1) is 0 Å². The van der Waals surface area contributed by atoms with Crippen LogP contribution in [0.15, 0.2) is 24.3 Å². The molecule has 0 fully saturated rings. The van der Waals surface area contributed by atoms with Crippen LogP contribution in [0.4, 0.5) is 0 Å². The van der Waals surface area contributed by atoms with Crippen molar-refractivity contribution in [3.63, 3.8) is 0 Å². The predicted molar refractivity (Wildman–Crippen MR) is 39.8 cm³/mol. The number of rotatable bonds is 1. The Bertz CT molecular complexity index is 205. The van der Waals surface area contributed by atoms with Crippen molar-refractivity contribution in [1.29, 1.82) is 0 Å². The van der Waals surface area contributed by atoms with Crippen molar-refractivity contribution >= 4 is 5.97 Å². The quantitative estimate of drug-likeness (QED) is 0.556. The first-order valence-corrected chi connectivity index (χ1v) is 3.40. The first-order valence-electron chi connectivity index (χ1n) is 3.40. The van der Waals surface area contributed by atoms with Gasteiger partial charge in [-0.05, 0) is 6.08 Å². The lowest BCUT2D eigenvalue weighted by molar-refractivity contribution is -0.147. The third-order valence-electron chi connectivity index (χ3n) is 1.36. The fourth-order valence-corrected chi connectivity index (χ4v) is 0.876. The summed E-state index contributed by atoms with van der Waals surface area (Å²) in [5.41, 5.74) is 0. The highest BCUT2D eigenvalue weighted by Crippen LogP contribution is 2.08. The molecule has 0 aromatic rings. The van der Waals surface area contributed by atoms with Crippen LogP contribution >= 0.6 is 0 Å². The number of carbonyl (C=O) groups excluding carboxylic acids is 1. The molecule has 1 rings (SSSR count). The van der Waals surface area contributed by atoms with Crippen LogP contribution in [0.1, 0.15) is 6.92 Å². The molecule has 0 unspecified atom stereocenters. The van der Waals surface area contributed by atoms with Gasteiger partial charge in [0.1, 0.15) is 12.2 Å². The van der Waals surface area contributed by atoms with E-state index in [1.807, 2.05) is 0 Å². The summed E-state index contributed by atoms with van der Waals surface area (Å²) in [7, 11) is 0. The smallest absolute Gasteiger partial charge is 0.303 e. The maximum Gasteiger partial charge on any atom is 0.303 e. The summed E-state index contributed by atoms with van der Waals surface area (Å²) in [4.78, 5) is 10.5. The van der Waals surface area contributed by atoms with E-state index in [0.717, 1.165) is 0 Å². The van der Waals surface area contributed by atoms with Gasteiger partial charge < -0.3 is 9.84 Å². The molecule has 1 aliphatic rings. The van der Waals surface area contributed by atoms with Crippen molar-refractivity contribution in [2.45, 2.75) is 19.1 Å². The van der Waals surface area contributed by atoms with Crippen molar-refractivity contribution < 1.29 is 14.6 Å². The molecule has 0 amide bonds. The molecule has 3 nitrogen and oxygen atoms in total. The van der Waals surface area contributed by atoms with E-state index >= 15 is 0 Å². The Morgan fingerprint density at radius 2 is 2.09 bits per heavy atom. The molecule has 0 spiro atoms. The number of hydrogen-bond donors (Lipinski definition) is 1. The largest absolute Gasteiger partial charge is 0.455 e. The number of aliphatic hydroxyl groups excluding tert-OH is 1. The van der Waals surface area contributed by atoms with Gasteiger partial charge >= 0.3 is 5.97 Å². The van der Waals surface area contributed by atoms with E-state index in [2.05, 4.69) is 0 Å². The second-order valence-corrected chi connectivity index (χ2v) is 2.33. The zero-order valence-corrected chi connectivity index (χ0v) is 6.23. The molecule has 11 heavy (non-hydrogen) atoms. The topological polar surface area (TPSA) is 46.5 Å². The summed E-state index contributed by atoms with van der Waals surface area (Å²) in [6.45, 7) is 1.32. The number of esters is 1. The molecule has 60 valence electrons. The zero-order chi connectivity index (χ0) is 8.27. The molecular weight excluding hydrogens is 144 g/mol. The average Bonchev–Trinajstić information content (AvgIpc) is 1.93. The fourth-order valence-electron chi connectivity index (χ4n) is 0.876. The molecule has 2 atom stereocenters. The van der Waals surface area contributed by atoms with Gasteiger partial charge in [0, 0.05) is 6.92 Å². The van der Waals surface area contributed by atoms with Crippen LogP contribution < -0.4 is 0 Å². The van der Waals surface area contributed by atoms with E-state index < -0.39 is 12.2 Å². The van der Waals surface area contributed by atoms with Gasteiger partial charge in [0.25, 0.3) is 0 Å². The summed E-state index contributed by atoms with van der Waals surface area (Å²) < 4.78 is 4.78. The predicted octanol–water partition coefficient (Wildman–Crippen LogP) is 0.405. The van der Waals surface area contributed by atoms with Gasteiger partial charge in [-0.25, -0.2) is 0 Å². The molecular formula is C8H10O3. The monoisotopic (exact) mass is 154 g/mol. The molecule has 0 bridgehead atoms. The highest BCUT2D eigenvalue weighted by molar-refractivity contribution is 5.66. The van der Waals surface area contributed by atoms with Gasteiger partial charge in [0.15, 0.2) is 0 Å². The fraction of sp³-hybridized carbons (Fsp3) is 0.375. The minimum Gasteiger partial charge on any atom is -0.455 e. The lowest BCUT2D eigenvalue weighted by atomic mass is 10.1. The molecule has 0 aromatic heterocycles. The van der Waals surface area contributed by atoms with Crippen LogP contribution in [0, 0.1) is 0 Å². The summed E-state index contributed by atoms with van der Waals surface area (Å²) in [5, 5.41) is 9.20. The zero-order valence-electron chi connectivity index (χ0n) is 6.23. The molecule has 3 heteroatoms. The van der Waals surface area contributed by atoms with Gasteiger partial charge in [-0.2, -0.15) is 0 Å². The van der Waals surface area contributed by atoms with E-state index in [1.165, 1.54) is 6.92 Å². The lowest BCUT2D eigenvalue weighted by Crippen LogP contribution is -2.28. The first kappa shape index (κ1) is 8.01. The molecule has 0 saturated heterocycles. The second-order valence-electron chi connectivity index (χ2n) is 2.33. The minimum atomic E-state index is -0.705. The van der Waals surface area contributed by atoms with E-state index in [0.29, 0.717) is 0 Å². The number of allylic oxidation sites excluding steroid dienone is 2. The SMILES string of the molecule is CC(=O)O[C@@H]1C=CC=C[C@@H]1O. The van der Waals surface area contributed by atoms with Crippen molar-refractivity contribution in [3.8, 4) is 0 Å². The molecule has 1 N–H and O–H groups in total. The third-order valence-corrected chi connectivity index (χ3v) is 1.36. The van der Waals surface area contributed by atoms with Gasteiger partial charge in [-0.1, -0.05) is 18.2 Å². The van der Waals surface area contributed by atoms with Crippen LogP contribution in [0.3, 0.4) is 0 Å². The van der Waals surface area contributed by atoms with Crippen LogP contribution in [-0.4, -0.2) is 23.3 Å². The maximum atomic E-state index is 10.5. The highest BCUT2D eigenvalue weighted by Gasteiger charge is 2.17. The normalized spacial score (nSPS) is 28.5.